The van der Waals surface area contributed by atoms with Crippen LogP contribution in [-0.4, -0.2) is 30.7 Å². The Balaban J connectivity index is -0.00000242. The summed E-state index contributed by atoms with van der Waals surface area (Å²) >= 11 is 0. The van der Waals surface area contributed by atoms with Gasteiger partial charge in [-0.1, -0.05) is 39.5 Å². The summed E-state index contributed by atoms with van der Waals surface area (Å²) in [6.45, 7) is 3.90. The maximum Gasteiger partial charge on any atom is 1.00 e. The number of unbranched alkanes of at least 4 members (excludes halogenated alkanes) is 1. The van der Waals surface area contributed by atoms with Gasteiger partial charge in [-0.3, -0.25) is 4.55 Å². The maximum absolute atomic E-state index is 11.3. The molecule has 25 heavy (non-hydrogen) atoms. The van der Waals surface area contributed by atoms with Gasteiger partial charge >= 0.3 is 59.1 Å². The Hall–Kier alpha value is 0.590. The molecule has 0 bridgehead atoms. The molecule has 1 N–H and O–H groups in total. The van der Waals surface area contributed by atoms with Gasteiger partial charge in [-0.05, 0) is 36.3 Å². The minimum atomic E-state index is -4.23. The SMILES string of the molecule is CCCCC(CC)CC(C(=O)[O-])=C(CCCS(=O)(=O)O)C(=O)[O-].[Na+].[Na+]. The van der Waals surface area contributed by atoms with Gasteiger partial charge in [-0.15, -0.1) is 0 Å². The summed E-state index contributed by atoms with van der Waals surface area (Å²) in [5.74, 6) is -3.85. The topological polar surface area (TPSA) is 135 Å². The predicted octanol–water partition coefficient (Wildman–Crippen LogP) is -5.93. The Morgan fingerprint density at radius 3 is 1.88 bits per heavy atom. The van der Waals surface area contributed by atoms with E-state index in [0.29, 0.717) is 6.42 Å². The van der Waals surface area contributed by atoms with E-state index in [2.05, 4.69) is 0 Å². The second kappa shape index (κ2) is 15.6. The van der Waals surface area contributed by atoms with Gasteiger partial charge in [0, 0.05) is 0 Å². The predicted molar refractivity (Wildman–Crippen MR) is 80.6 cm³/mol. The number of carbonyl (C=O) groups is 2. The summed E-state index contributed by atoms with van der Waals surface area (Å²) < 4.78 is 30.0. The van der Waals surface area contributed by atoms with Crippen molar-refractivity contribution in [2.45, 2.75) is 58.8 Å². The summed E-state index contributed by atoms with van der Waals surface area (Å²) in [7, 11) is -4.23. The van der Waals surface area contributed by atoms with Gasteiger partial charge in [0.05, 0.1) is 17.7 Å². The van der Waals surface area contributed by atoms with Gasteiger partial charge in [0.2, 0.25) is 0 Å². The molecule has 1 atom stereocenters. The fraction of sp³-hybridized carbons (Fsp3) is 0.733. The largest absolute Gasteiger partial charge is 1.00 e. The average Bonchev–Trinajstić information content (AvgIpc) is 2.43. The fourth-order valence-electron chi connectivity index (χ4n) is 2.37. The molecule has 1 unspecified atom stereocenters. The third-order valence-corrected chi connectivity index (χ3v) is 4.53. The van der Waals surface area contributed by atoms with Gasteiger partial charge < -0.3 is 19.8 Å². The van der Waals surface area contributed by atoms with Crippen LogP contribution in [0, 0.1) is 5.92 Å². The zero-order valence-electron chi connectivity index (χ0n) is 15.5. The number of carboxylic acids is 2. The van der Waals surface area contributed by atoms with Crippen LogP contribution in [0.3, 0.4) is 0 Å². The third-order valence-electron chi connectivity index (χ3n) is 3.72. The van der Waals surface area contributed by atoms with Crippen LogP contribution in [0.25, 0.3) is 0 Å². The molecular weight excluding hydrogens is 370 g/mol. The van der Waals surface area contributed by atoms with Crippen LogP contribution in [-0.2, 0) is 19.7 Å². The van der Waals surface area contributed by atoms with E-state index in [1.807, 2.05) is 13.8 Å². The quantitative estimate of drug-likeness (QED) is 0.198. The van der Waals surface area contributed by atoms with E-state index in [1.165, 1.54) is 0 Å². The Morgan fingerprint density at radius 1 is 1.00 bits per heavy atom. The zero-order valence-corrected chi connectivity index (χ0v) is 20.4. The van der Waals surface area contributed by atoms with Crippen LogP contribution in [0.15, 0.2) is 11.1 Å². The number of rotatable bonds is 12. The first-order valence-electron chi connectivity index (χ1n) is 7.72. The number of carboxylic acid groups (broad SMARTS) is 2. The standard InChI is InChI=1S/C15H26O7S.2Na/c1-3-5-7-11(4-2)10-13(15(18)19)12(14(16)17)8-6-9-23(20,21)22;;/h11H,3-10H2,1-2H3,(H,16,17)(H,18,19)(H,20,21,22);;/q;2*+1/p-2. The van der Waals surface area contributed by atoms with Crippen molar-refractivity contribution < 1.29 is 91.9 Å². The van der Waals surface area contributed by atoms with Gasteiger partial charge in [0.15, 0.2) is 0 Å². The summed E-state index contributed by atoms with van der Waals surface area (Å²) in [5.41, 5.74) is -0.799. The first-order chi connectivity index (χ1) is 10.6. The normalized spacial score (nSPS) is 13.1. The molecule has 0 aromatic heterocycles. The van der Waals surface area contributed by atoms with Crippen molar-refractivity contribution in [3.8, 4) is 0 Å². The van der Waals surface area contributed by atoms with Gasteiger partial charge in [-0.25, -0.2) is 0 Å². The van der Waals surface area contributed by atoms with Crippen LogP contribution in [0.4, 0.5) is 0 Å². The average molecular weight is 394 g/mol. The molecule has 0 rings (SSSR count). The summed E-state index contributed by atoms with van der Waals surface area (Å²) in [4.78, 5) is 22.5. The summed E-state index contributed by atoms with van der Waals surface area (Å²) in [6, 6.07) is 0. The van der Waals surface area contributed by atoms with Crippen molar-refractivity contribution in [1.82, 2.24) is 0 Å². The molecular formula is C15H24Na2O7S. The molecule has 0 heterocycles. The molecule has 0 aliphatic rings. The summed E-state index contributed by atoms with van der Waals surface area (Å²) in [5, 5.41) is 22.5. The molecule has 0 radical (unpaired) electrons. The van der Waals surface area contributed by atoms with Crippen LogP contribution in [0.5, 0.6) is 0 Å². The number of hydrogen-bond donors (Lipinski definition) is 1. The van der Waals surface area contributed by atoms with Crippen molar-refractivity contribution >= 4 is 22.1 Å². The third kappa shape index (κ3) is 14.3. The van der Waals surface area contributed by atoms with Crippen LogP contribution >= 0.6 is 0 Å². The number of aliphatic carboxylic acids is 2. The Kier molecular flexibility index (Phi) is 19.0. The van der Waals surface area contributed by atoms with Crippen molar-refractivity contribution in [2.24, 2.45) is 5.92 Å². The smallest absolute Gasteiger partial charge is 0.545 e. The Labute approximate surface area is 194 Å². The van der Waals surface area contributed by atoms with Crippen LogP contribution in [0.2, 0.25) is 0 Å². The Bertz CT molecular complexity index is 544. The first kappa shape index (κ1) is 30.3. The minimum absolute atomic E-state index is 0. The van der Waals surface area contributed by atoms with E-state index in [9.17, 15) is 28.2 Å². The molecule has 0 aliphatic heterocycles. The van der Waals surface area contributed by atoms with Crippen molar-refractivity contribution in [3.63, 3.8) is 0 Å². The Morgan fingerprint density at radius 2 is 1.52 bits per heavy atom. The van der Waals surface area contributed by atoms with E-state index in [1.54, 1.807) is 0 Å². The molecule has 0 aromatic carbocycles. The van der Waals surface area contributed by atoms with Gasteiger partial charge in [0.25, 0.3) is 10.1 Å². The molecule has 10 heteroatoms. The van der Waals surface area contributed by atoms with Crippen molar-refractivity contribution in [1.29, 1.82) is 0 Å². The molecule has 0 aliphatic carbocycles. The number of hydrogen-bond acceptors (Lipinski definition) is 6. The van der Waals surface area contributed by atoms with Crippen LogP contribution < -0.4 is 69.3 Å². The molecule has 0 saturated carbocycles. The van der Waals surface area contributed by atoms with Crippen molar-refractivity contribution in [3.05, 3.63) is 11.1 Å². The first-order valence-corrected chi connectivity index (χ1v) is 9.33. The molecule has 0 amide bonds. The van der Waals surface area contributed by atoms with Crippen molar-refractivity contribution in [2.75, 3.05) is 5.75 Å². The maximum atomic E-state index is 11.3. The van der Waals surface area contributed by atoms with E-state index < -0.39 is 33.4 Å². The molecule has 134 valence electrons. The van der Waals surface area contributed by atoms with Gasteiger partial charge in [0.1, 0.15) is 0 Å². The molecule has 0 saturated heterocycles. The molecule has 7 nitrogen and oxygen atoms in total. The fourth-order valence-corrected chi connectivity index (χ4v) is 2.88. The van der Waals surface area contributed by atoms with Crippen LogP contribution in [0.1, 0.15) is 58.8 Å². The molecule has 0 aromatic rings. The van der Waals surface area contributed by atoms with Gasteiger partial charge in [-0.2, -0.15) is 8.42 Å². The monoisotopic (exact) mass is 394 g/mol. The second-order valence-electron chi connectivity index (χ2n) is 5.54. The van der Waals surface area contributed by atoms with E-state index >= 15 is 0 Å². The van der Waals surface area contributed by atoms with E-state index in [0.717, 1.165) is 19.3 Å². The zero-order chi connectivity index (χ0) is 18.0. The number of carbonyl (C=O) groups excluding carboxylic acids is 2. The minimum Gasteiger partial charge on any atom is -0.545 e. The molecule has 0 spiro atoms. The molecule has 0 fully saturated rings. The van der Waals surface area contributed by atoms with E-state index in [4.69, 9.17) is 4.55 Å². The second-order valence-corrected chi connectivity index (χ2v) is 7.11. The van der Waals surface area contributed by atoms with E-state index in [-0.39, 0.29) is 89.9 Å². The summed E-state index contributed by atoms with van der Waals surface area (Å²) in [6.07, 6.45) is 2.86.